The van der Waals surface area contributed by atoms with Crippen LogP contribution >= 0.6 is 0 Å². The first-order valence-corrected chi connectivity index (χ1v) is 18.9. The average molecular weight is 810 g/mol. The molecule has 3 aromatic rings. The molecule has 2 unspecified atom stereocenters. The Balaban J connectivity index is 2.00. The number of esters is 2. The molecule has 58 heavy (non-hydrogen) atoms. The van der Waals surface area contributed by atoms with Crippen molar-refractivity contribution >= 4 is 46.7 Å². The number of carbonyl (C=O) groups excluding carboxylic acids is 4. The third-order valence-electron chi connectivity index (χ3n) is 8.13. The van der Waals surface area contributed by atoms with Gasteiger partial charge in [-0.05, 0) is 85.9 Å². The molecule has 0 aliphatic heterocycles. The maximum absolute atomic E-state index is 16.4. The summed E-state index contributed by atoms with van der Waals surface area (Å²) in [5, 5.41) is 0. The van der Waals surface area contributed by atoms with Crippen LogP contribution in [-0.4, -0.2) is 93.5 Å². The number of aryl methyl sites for hydroxylation is 1. The number of hydrogen-bond donors (Lipinski definition) is 0. The molecule has 2 aromatic heterocycles. The molecule has 2 atom stereocenters. The van der Waals surface area contributed by atoms with Crippen molar-refractivity contribution in [1.82, 2.24) is 19.5 Å². The van der Waals surface area contributed by atoms with Crippen LogP contribution in [-0.2, 0) is 44.4 Å². The monoisotopic (exact) mass is 809 g/mol. The molecule has 3 rings (SSSR count). The van der Waals surface area contributed by atoms with Crippen molar-refractivity contribution in [3.8, 4) is 0 Å². The molecule has 15 nitrogen and oxygen atoms in total. The van der Waals surface area contributed by atoms with E-state index in [9.17, 15) is 19.2 Å². The van der Waals surface area contributed by atoms with Gasteiger partial charge in [0.05, 0.1) is 32.3 Å². The summed E-state index contributed by atoms with van der Waals surface area (Å²) in [5.41, 5.74) is -2.15. The van der Waals surface area contributed by atoms with Crippen molar-refractivity contribution in [2.45, 2.75) is 111 Å². The summed E-state index contributed by atoms with van der Waals surface area (Å²) >= 11 is 0. The van der Waals surface area contributed by atoms with Gasteiger partial charge in [-0.25, -0.2) is 38.5 Å². The summed E-state index contributed by atoms with van der Waals surface area (Å²) in [4.78, 5) is 67.7. The van der Waals surface area contributed by atoms with E-state index in [1.165, 1.54) is 14.0 Å². The van der Waals surface area contributed by atoms with E-state index in [2.05, 4.69) is 21.5 Å². The number of aromatic nitrogens is 4. The zero-order chi connectivity index (χ0) is 43.4. The van der Waals surface area contributed by atoms with Gasteiger partial charge in [-0.1, -0.05) is 55.1 Å². The van der Waals surface area contributed by atoms with Crippen LogP contribution in [0.4, 0.5) is 19.8 Å². The van der Waals surface area contributed by atoms with E-state index in [0.717, 1.165) is 22.0 Å². The van der Waals surface area contributed by atoms with E-state index in [1.54, 1.807) is 73.6 Å². The standard InChI is InChI=1S/C42H56FN5O10/c1-13-17-18-29(14-2)30-21-19-28(20-22-30)24-42(36(49)54-15-3,37(50)55-16-4)56-25-31(53-12)23-32(43)47-26-44-33-34(47)45-27(5)46-35(33)48(38(51)57-40(6,7)8)39(52)58-41(9,10)11/h13-14,17-22,26,31-32H,2,15-16,23-25H2,1,3-12H3/b17-13-,29-18+. The number of nitrogens with zero attached hydrogens (tertiary/aromatic N) is 5. The minimum absolute atomic E-state index is 0.0566. The first-order chi connectivity index (χ1) is 27.2. The number of amides is 2. The van der Waals surface area contributed by atoms with Crippen molar-refractivity contribution in [2.75, 3.05) is 31.8 Å². The number of benzene rings is 1. The lowest BCUT2D eigenvalue weighted by Gasteiger charge is -2.31. The number of hydrogen-bond acceptors (Lipinski definition) is 13. The van der Waals surface area contributed by atoms with Crippen LogP contribution in [0.3, 0.4) is 0 Å². The fraction of sp³-hybridized carbons (Fsp3) is 0.500. The smallest absolute Gasteiger partial charge is 0.425 e. The summed E-state index contributed by atoms with van der Waals surface area (Å²) in [6.07, 6.45) is 2.76. The van der Waals surface area contributed by atoms with Crippen LogP contribution in [0.5, 0.6) is 0 Å². The Hall–Kier alpha value is -5.48. The highest BCUT2D eigenvalue weighted by Gasteiger charge is 2.51. The van der Waals surface area contributed by atoms with E-state index in [0.29, 0.717) is 10.5 Å². The first kappa shape index (κ1) is 46.9. The minimum atomic E-state index is -2.27. The van der Waals surface area contributed by atoms with Crippen LogP contribution in [0, 0.1) is 6.92 Å². The summed E-state index contributed by atoms with van der Waals surface area (Å²) in [7, 11) is 1.32. The van der Waals surface area contributed by atoms with Crippen LogP contribution < -0.4 is 4.90 Å². The van der Waals surface area contributed by atoms with Gasteiger partial charge in [0.2, 0.25) is 0 Å². The Morgan fingerprint density at radius 3 is 1.98 bits per heavy atom. The van der Waals surface area contributed by atoms with Crippen molar-refractivity contribution < 1.29 is 52.0 Å². The molecule has 0 aliphatic rings. The highest BCUT2D eigenvalue weighted by atomic mass is 19.1. The number of imidazole rings is 1. The highest BCUT2D eigenvalue weighted by Crippen LogP contribution is 2.31. The number of alkyl halides is 1. The Bertz CT molecular complexity index is 1930. The largest absolute Gasteiger partial charge is 0.463 e. The van der Waals surface area contributed by atoms with Crippen LogP contribution in [0.2, 0.25) is 0 Å². The Kier molecular flexibility index (Phi) is 16.4. The minimum Gasteiger partial charge on any atom is -0.463 e. The molecule has 0 spiro atoms. The molecular formula is C42H56FN5O10. The third-order valence-corrected chi connectivity index (χ3v) is 8.13. The molecule has 2 heterocycles. The van der Waals surface area contributed by atoms with E-state index in [1.807, 2.05) is 37.3 Å². The molecule has 316 valence electrons. The predicted octanol–water partition coefficient (Wildman–Crippen LogP) is 7.95. The summed E-state index contributed by atoms with van der Waals surface area (Å²) in [5.74, 6) is -2.16. The van der Waals surface area contributed by atoms with Crippen molar-refractivity contribution in [3.63, 3.8) is 0 Å². The second kappa shape index (κ2) is 20.3. The zero-order valence-corrected chi connectivity index (χ0v) is 35.3. The lowest BCUT2D eigenvalue weighted by Crippen LogP contribution is -2.54. The molecule has 0 fully saturated rings. The van der Waals surface area contributed by atoms with Crippen molar-refractivity contribution in [3.05, 3.63) is 78.4 Å². The number of rotatable bonds is 17. The number of imide groups is 1. The number of halogens is 1. The third kappa shape index (κ3) is 12.3. The quantitative estimate of drug-likeness (QED) is 0.0557. The summed E-state index contributed by atoms with van der Waals surface area (Å²) in [6, 6.07) is 7.15. The van der Waals surface area contributed by atoms with Crippen molar-refractivity contribution in [1.29, 1.82) is 0 Å². The number of allylic oxidation sites excluding steroid dienone is 5. The second-order valence-electron chi connectivity index (χ2n) is 15.0. The maximum atomic E-state index is 16.4. The van der Waals surface area contributed by atoms with Gasteiger partial charge in [-0.2, -0.15) is 4.90 Å². The highest BCUT2D eigenvalue weighted by molar-refractivity contribution is 6.12. The Morgan fingerprint density at radius 1 is 0.931 bits per heavy atom. The second-order valence-corrected chi connectivity index (χ2v) is 15.0. The predicted molar refractivity (Wildman–Crippen MR) is 216 cm³/mol. The first-order valence-electron chi connectivity index (χ1n) is 18.9. The Labute approximate surface area is 339 Å². The van der Waals surface area contributed by atoms with E-state index >= 15 is 4.39 Å². The van der Waals surface area contributed by atoms with Gasteiger partial charge < -0.3 is 28.4 Å². The van der Waals surface area contributed by atoms with Crippen LogP contribution in [0.1, 0.15) is 92.0 Å². The van der Waals surface area contributed by atoms with E-state index in [4.69, 9.17) is 28.4 Å². The lowest BCUT2D eigenvalue weighted by molar-refractivity contribution is -0.195. The SMILES string of the molecule is C=C/C(=C\C=C/C)c1ccc(CC(OCC(CC(F)n2cnc3c(N(C(=O)OC(C)(C)C)C(=O)OC(C)(C)C)nc(C)nc32)OC)(C(=O)OCC)C(=O)OCC)cc1. The molecule has 0 N–H and O–H groups in total. The molecular weight excluding hydrogens is 753 g/mol. The fourth-order valence-electron chi connectivity index (χ4n) is 5.51. The van der Waals surface area contributed by atoms with Crippen molar-refractivity contribution in [2.24, 2.45) is 0 Å². The van der Waals surface area contributed by atoms with Crippen LogP contribution in [0.25, 0.3) is 16.7 Å². The number of fused-ring (bicyclic) bond motifs is 1. The Morgan fingerprint density at radius 2 is 1.50 bits per heavy atom. The summed E-state index contributed by atoms with van der Waals surface area (Å²) < 4.78 is 50.9. The molecule has 0 saturated heterocycles. The summed E-state index contributed by atoms with van der Waals surface area (Å²) in [6.45, 7) is 19.7. The van der Waals surface area contributed by atoms with Crippen LogP contribution in [0.15, 0.2) is 61.5 Å². The molecule has 0 radical (unpaired) electrons. The van der Waals surface area contributed by atoms with E-state index < -0.39 is 59.9 Å². The van der Waals surface area contributed by atoms with Gasteiger partial charge in [0, 0.05) is 20.0 Å². The topological polar surface area (TPSA) is 170 Å². The maximum Gasteiger partial charge on any atom is 0.425 e. The fourth-order valence-corrected chi connectivity index (χ4v) is 5.51. The normalized spacial score (nSPS) is 13.6. The molecule has 0 aliphatic carbocycles. The number of methoxy groups -OCH3 is 1. The molecule has 0 saturated carbocycles. The zero-order valence-electron chi connectivity index (χ0n) is 35.3. The van der Waals surface area contributed by atoms with Gasteiger partial charge in [0.1, 0.15) is 17.0 Å². The number of ether oxygens (including phenoxy) is 6. The number of carbonyl (C=O) groups is 4. The molecule has 2 amide bonds. The number of anilines is 1. The van der Waals surface area contributed by atoms with Gasteiger partial charge in [-0.15, -0.1) is 0 Å². The van der Waals surface area contributed by atoms with E-state index in [-0.39, 0.29) is 48.9 Å². The van der Waals surface area contributed by atoms with Gasteiger partial charge in [0.15, 0.2) is 23.3 Å². The van der Waals surface area contributed by atoms with Gasteiger partial charge in [-0.3, -0.25) is 4.57 Å². The average Bonchev–Trinajstić information content (AvgIpc) is 3.56. The lowest BCUT2D eigenvalue weighted by atomic mass is 9.92. The van der Waals surface area contributed by atoms with Gasteiger partial charge >= 0.3 is 24.1 Å². The molecule has 16 heteroatoms. The van der Waals surface area contributed by atoms with Gasteiger partial charge in [0.25, 0.3) is 5.60 Å². The molecule has 0 bridgehead atoms. The molecule has 1 aromatic carbocycles.